The molecule has 1 heterocycles. The van der Waals surface area contributed by atoms with E-state index in [-0.39, 0.29) is 18.0 Å². The van der Waals surface area contributed by atoms with Gasteiger partial charge in [-0.05, 0) is 19.1 Å². The highest BCUT2D eigenvalue weighted by Crippen LogP contribution is 2.21. The fourth-order valence-corrected chi connectivity index (χ4v) is 1.93. The number of aromatic nitrogens is 2. The Kier molecular flexibility index (Phi) is 3.98. The summed E-state index contributed by atoms with van der Waals surface area (Å²) in [5.41, 5.74) is 1.67. The van der Waals surface area contributed by atoms with Gasteiger partial charge in [-0.3, -0.25) is 9.59 Å². The van der Waals surface area contributed by atoms with Gasteiger partial charge in [0, 0.05) is 13.2 Å². The first-order valence-electron chi connectivity index (χ1n) is 6.20. The van der Waals surface area contributed by atoms with Crippen LogP contribution in [0.3, 0.4) is 0 Å². The van der Waals surface area contributed by atoms with E-state index in [9.17, 15) is 9.59 Å². The molecule has 0 bridgehead atoms. The molecule has 1 aromatic carbocycles. The van der Waals surface area contributed by atoms with Crippen LogP contribution in [0, 0.1) is 6.92 Å². The van der Waals surface area contributed by atoms with E-state index in [1.54, 1.807) is 29.9 Å². The Balaban J connectivity index is 2.20. The average molecular weight is 272 g/mol. The largest absolute Gasteiger partial charge is 0.496 e. The van der Waals surface area contributed by atoms with Crippen molar-refractivity contribution in [2.75, 3.05) is 7.11 Å². The Labute approximate surface area is 117 Å². The SMILES string of the molecule is COc1ccc(C)cc1C(=O)CC(=O)c1cn(C)cn1. The number of ketones is 2. The molecule has 0 aliphatic heterocycles. The molecule has 1 aromatic heterocycles. The molecule has 0 amide bonds. The summed E-state index contributed by atoms with van der Waals surface area (Å²) in [5.74, 6) is -0.0743. The first kappa shape index (κ1) is 14.0. The van der Waals surface area contributed by atoms with E-state index in [0.717, 1.165) is 5.56 Å². The molecule has 0 radical (unpaired) electrons. The number of Topliss-reactive ketones (excluding diaryl/α,β-unsaturated/α-hetero) is 2. The first-order valence-corrected chi connectivity index (χ1v) is 6.20. The molecular weight excluding hydrogens is 256 g/mol. The summed E-state index contributed by atoms with van der Waals surface area (Å²) in [6.45, 7) is 1.89. The summed E-state index contributed by atoms with van der Waals surface area (Å²) < 4.78 is 6.83. The number of rotatable bonds is 5. The van der Waals surface area contributed by atoms with E-state index in [2.05, 4.69) is 4.98 Å². The maximum atomic E-state index is 12.2. The van der Waals surface area contributed by atoms with Crippen molar-refractivity contribution in [3.63, 3.8) is 0 Å². The smallest absolute Gasteiger partial charge is 0.190 e. The number of methoxy groups -OCH3 is 1. The van der Waals surface area contributed by atoms with E-state index in [0.29, 0.717) is 17.0 Å². The van der Waals surface area contributed by atoms with Crippen LogP contribution in [0.4, 0.5) is 0 Å². The number of hydrogen-bond donors (Lipinski definition) is 0. The minimum Gasteiger partial charge on any atom is -0.496 e. The van der Waals surface area contributed by atoms with Crippen LogP contribution in [0.15, 0.2) is 30.7 Å². The van der Waals surface area contributed by atoms with Gasteiger partial charge < -0.3 is 9.30 Å². The molecule has 20 heavy (non-hydrogen) atoms. The van der Waals surface area contributed by atoms with Gasteiger partial charge in [0.1, 0.15) is 11.4 Å². The number of benzene rings is 1. The van der Waals surface area contributed by atoms with Gasteiger partial charge in [0.05, 0.1) is 25.4 Å². The molecule has 0 N–H and O–H groups in total. The second-order valence-electron chi connectivity index (χ2n) is 4.65. The summed E-state index contributed by atoms with van der Waals surface area (Å²) in [6.07, 6.45) is 2.92. The highest BCUT2D eigenvalue weighted by Gasteiger charge is 2.18. The van der Waals surface area contributed by atoms with E-state index in [4.69, 9.17) is 4.74 Å². The fourth-order valence-electron chi connectivity index (χ4n) is 1.93. The van der Waals surface area contributed by atoms with Gasteiger partial charge in [-0.15, -0.1) is 0 Å². The van der Waals surface area contributed by atoms with Gasteiger partial charge in [0.15, 0.2) is 11.6 Å². The van der Waals surface area contributed by atoms with Gasteiger partial charge in [-0.2, -0.15) is 0 Å². The Morgan fingerprint density at radius 1 is 1.30 bits per heavy atom. The topological polar surface area (TPSA) is 61.2 Å². The molecule has 0 saturated carbocycles. The zero-order valence-corrected chi connectivity index (χ0v) is 11.7. The third-order valence-electron chi connectivity index (χ3n) is 2.97. The van der Waals surface area contributed by atoms with Crippen LogP contribution in [-0.2, 0) is 7.05 Å². The number of nitrogens with zero attached hydrogens (tertiary/aromatic N) is 2. The zero-order chi connectivity index (χ0) is 14.7. The lowest BCUT2D eigenvalue weighted by Crippen LogP contribution is -2.10. The Morgan fingerprint density at radius 2 is 2.05 bits per heavy atom. The highest BCUT2D eigenvalue weighted by molar-refractivity contribution is 6.13. The van der Waals surface area contributed by atoms with Crippen LogP contribution in [0.5, 0.6) is 5.75 Å². The lowest BCUT2D eigenvalue weighted by Gasteiger charge is -2.07. The quantitative estimate of drug-likeness (QED) is 0.618. The second kappa shape index (κ2) is 5.69. The van der Waals surface area contributed by atoms with Crippen molar-refractivity contribution in [3.8, 4) is 5.75 Å². The Morgan fingerprint density at radius 3 is 2.65 bits per heavy atom. The lowest BCUT2D eigenvalue weighted by atomic mass is 10.0. The molecule has 0 spiro atoms. The first-order chi connectivity index (χ1) is 9.51. The van der Waals surface area contributed by atoms with Gasteiger partial charge >= 0.3 is 0 Å². The maximum absolute atomic E-state index is 12.2. The summed E-state index contributed by atoms with van der Waals surface area (Å²) in [7, 11) is 3.28. The van der Waals surface area contributed by atoms with Crippen LogP contribution >= 0.6 is 0 Å². The van der Waals surface area contributed by atoms with Crippen LogP contribution in [0.2, 0.25) is 0 Å². The molecule has 2 rings (SSSR count). The van der Waals surface area contributed by atoms with Gasteiger partial charge in [-0.25, -0.2) is 4.98 Å². The number of carbonyl (C=O) groups excluding carboxylic acids is 2. The lowest BCUT2D eigenvalue weighted by molar-refractivity contribution is 0.0890. The highest BCUT2D eigenvalue weighted by atomic mass is 16.5. The minimum absolute atomic E-state index is 0.211. The summed E-state index contributed by atoms with van der Waals surface area (Å²) >= 11 is 0. The molecule has 0 atom stereocenters. The van der Waals surface area contributed by atoms with Gasteiger partial charge in [0.2, 0.25) is 0 Å². The number of ether oxygens (including phenoxy) is 1. The second-order valence-corrected chi connectivity index (χ2v) is 4.65. The fraction of sp³-hybridized carbons (Fsp3) is 0.267. The molecule has 0 unspecified atom stereocenters. The van der Waals surface area contributed by atoms with E-state index in [1.165, 1.54) is 13.4 Å². The van der Waals surface area contributed by atoms with Crippen LogP contribution in [0.25, 0.3) is 0 Å². The molecule has 0 aliphatic rings. The molecule has 104 valence electrons. The molecule has 5 nitrogen and oxygen atoms in total. The summed E-state index contributed by atoms with van der Waals surface area (Å²) in [4.78, 5) is 28.2. The molecule has 2 aromatic rings. The van der Waals surface area contributed by atoms with E-state index in [1.807, 2.05) is 13.0 Å². The monoisotopic (exact) mass is 272 g/mol. The van der Waals surface area contributed by atoms with Crippen molar-refractivity contribution in [1.82, 2.24) is 9.55 Å². The Bertz CT molecular complexity index is 659. The summed E-state index contributed by atoms with van der Waals surface area (Å²) in [5, 5.41) is 0. The number of carbonyl (C=O) groups is 2. The van der Waals surface area contributed by atoms with Gasteiger partial charge in [-0.1, -0.05) is 11.6 Å². The van der Waals surface area contributed by atoms with Gasteiger partial charge in [0.25, 0.3) is 0 Å². The van der Waals surface area contributed by atoms with Crippen molar-refractivity contribution >= 4 is 11.6 Å². The standard InChI is InChI=1S/C15H16N2O3/c1-10-4-5-15(20-3)11(6-10)13(18)7-14(19)12-8-17(2)9-16-12/h4-6,8-9H,7H2,1-3H3. The van der Waals surface area contributed by atoms with Crippen molar-refractivity contribution in [1.29, 1.82) is 0 Å². The molecule has 0 aliphatic carbocycles. The van der Waals surface area contributed by atoms with Crippen molar-refractivity contribution in [3.05, 3.63) is 47.5 Å². The predicted molar refractivity (Wildman–Crippen MR) is 74.2 cm³/mol. The number of aryl methyl sites for hydroxylation is 2. The van der Waals surface area contributed by atoms with E-state index >= 15 is 0 Å². The third-order valence-corrected chi connectivity index (χ3v) is 2.97. The molecule has 0 saturated heterocycles. The van der Waals surface area contributed by atoms with Crippen molar-refractivity contribution in [2.24, 2.45) is 7.05 Å². The minimum atomic E-state index is -0.292. The average Bonchev–Trinajstić information content (AvgIpc) is 2.85. The normalized spacial score (nSPS) is 10.3. The summed E-state index contributed by atoms with van der Waals surface area (Å²) in [6, 6.07) is 5.32. The third kappa shape index (κ3) is 2.93. The number of hydrogen-bond acceptors (Lipinski definition) is 4. The van der Waals surface area contributed by atoms with Crippen LogP contribution < -0.4 is 4.74 Å². The molecular formula is C15H16N2O3. The Hall–Kier alpha value is -2.43. The predicted octanol–water partition coefficient (Wildman–Crippen LogP) is 2.19. The van der Waals surface area contributed by atoms with Crippen LogP contribution in [-0.4, -0.2) is 28.2 Å². The zero-order valence-electron chi connectivity index (χ0n) is 11.7. The van der Waals surface area contributed by atoms with E-state index < -0.39 is 0 Å². The van der Waals surface area contributed by atoms with Crippen molar-refractivity contribution in [2.45, 2.75) is 13.3 Å². The van der Waals surface area contributed by atoms with Crippen LogP contribution in [0.1, 0.15) is 32.8 Å². The molecule has 0 fully saturated rings. The van der Waals surface area contributed by atoms with Crippen molar-refractivity contribution < 1.29 is 14.3 Å². The maximum Gasteiger partial charge on any atom is 0.190 e. The molecule has 5 heteroatoms. The number of imidazole rings is 1.